The van der Waals surface area contributed by atoms with Crippen LogP contribution in [0.15, 0.2) is 6.20 Å². The Morgan fingerprint density at radius 3 is 2.67 bits per heavy atom. The van der Waals surface area contributed by atoms with Crippen molar-refractivity contribution in [3.63, 3.8) is 0 Å². The molecule has 0 aliphatic carbocycles. The number of hydrogen-bond donors (Lipinski definition) is 0. The number of nitrogens with zero attached hydrogens (tertiary/aromatic N) is 2. The maximum atomic E-state index is 12.2. The Morgan fingerprint density at radius 1 is 1.58 bits per heavy atom. The summed E-state index contributed by atoms with van der Waals surface area (Å²) in [6, 6.07) is 0. The van der Waals surface area contributed by atoms with Crippen molar-refractivity contribution in [2.75, 3.05) is 0 Å². The molecule has 0 N–H and O–H groups in total. The van der Waals surface area contributed by atoms with Crippen LogP contribution in [0.1, 0.15) is 15.5 Å². The summed E-state index contributed by atoms with van der Waals surface area (Å²) in [4.78, 5) is 6.18. The lowest BCUT2D eigenvalue weighted by Gasteiger charge is -2.06. The van der Waals surface area contributed by atoms with E-state index in [2.05, 4.69) is 9.97 Å². The molecule has 6 heteroatoms. The normalized spacial score (nSPS) is 16.5. The predicted molar refractivity (Wildman–Crippen MR) is 36.8 cm³/mol. The van der Waals surface area contributed by atoms with Crippen LogP contribution in [-0.2, 0) is 6.18 Å². The van der Waals surface area contributed by atoms with Crippen molar-refractivity contribution in [1.29, 1.82) is 0 Å². The first-order valence-corrected chi connectivity index (χ1v) is 3.10. The van der Waals surface area contributed by atoms with Crippen molar-refractivity contribution in [2.24, 2.45) is 0 Å². The zero-order valence-corrected chi connectivity index (χ0v) is 6.24. The second-order valence-electron chi connectivity index (χ2n) is 1.90. The summed E-state index contributed by atoms with van der Waals surface area (Å²) in [6.45, 7) is -2.67. The van der Waals surface area contributed by atoms with Crippen LogP contribution in [0.2, 0.25) is 5.15 Å². The molecule has 2 nitrogen and oxygen atoms in total. The molecular weight excluding hydrogens is 193 g/mol. The van der Waals surface area contributed by atoms with E-state index in [9.17, 15) is 13.2 Å². The standard InChI is InChI=1S/C6H4ClF3N2/c1-3-11-2-4(5(7)12-3)6(8,9)10/h2H,1H3/i1D3. The summed E-state index contributed by atoms with van der Waals surface area (Å²) in [5, 5.41) is -0.913. The summed E-state index contributed by atoms with van der Waals surface area (Å²) in [5.74, 6) is -0.708. The Balaban J connectivity index is 3.21. The minimum Gasteiger partial charge on any atom is -0.241 e. The molecule has 0 atom stereocenters. The number of rotatable bonds is 0. The molecule has 1 rings (SSSR count). The number of halogens is 4. The summed E-state index contributed by atoms with van der Waals surface area (Å²) in [6.07, 6.45) is -4.33. The van der Waals surface area contributed by atoms with Gasteiger partial charge in [0.2, 0.25) is 0 Å². The maximum absolute atomic E-state index is 12.2. The highest BCUT2D eigenvalue weighted by atomic mass is 35.5. The van der Waals surface area contributed by atoms with E-state index in [4.69, 9.17) is 15.7 Å². The average molecular weight is 200 g/mol. The highest BCUT2D eigenvalue weighted by Gasteiger charge is 2.34. The lowest BCUT2D eigenvalue weighted by Crippen LogP contribution is -2.08. The van der Waals surface area contributed by atoms with Gasteiger partial charge in [-0.25, -0.2) is 9.97 Å². The van der Waals surface area contributed by atoms with Crippen LogP contribution in [-0.4, -0.2) is 9.97 Å². The fourth-order valence-electron chi connectivity index (χ4n) is 0.551. The zero-order valence-electron chi connectivity index (χ0n) is 8.48. The lowest BCUT2D eigenvalue weighted by molar-refractivity contribution is -0.138. The molecule has 1 aromatic heterocycles. The highest BCUT2D eigenvalue weighted by Crippen LogP contribution is 2.32. The van der Waals surface area contributed by atoms with Gasteiger partial charge in [0.25, 0.3) is 0 Å². The monoisotopic (exact) mass is 199 g/mol. The molecule has 0 radical (unpaired) electrons. The van der Waals surface area contributed by atoms with E-state index in [1.807, 2.05) is 0 Å². The fraction of sp³-hybridized carbons (Fsp3) is 0.333. The molecule has 0 unspecified atom stereocenters. The topological polar surface area (TPSA) is 25.8 Å². The molecule has 0 fully saturated rings. The van der Waals surface area contributed by atoms with E-state index in [0.29, 0.717) is 6.20 Å². The number of aromatic nitrogens is 2. The van der Waals surface area contributed by atoms with E-state index < -0.39 is 29.6 Å². The second-order valence-corrected chi connectivity index (χ2v) is 2.25. The van der Waals surface area contributed by atoms with Gasteiger partial charge in [0, 0.05) is 10.3 Å². The number of hydrogen-bond acceptors (Lipinski definition) is 2. The van der Waals surface area contributed by atoms with Gasteiger partial charge in [-0.15, -0.1) is 0 Å². The molecular formula is C6H4ClF3N2. The molecule has 0 aliphatic heterocycles. The van der Waals surface area contributed by atoms with Crippen molar-refractivity contribution in [2.45, 2.75) is 13.0 Å². The molecule has 0 spiro atoms. The van der Waals surface area contributed by atoms with Gasteiger partial charge in [-0.2, -0.15) is 13.2 Å². The van der Waals surface area contributed by atoms with Crippen LogP contribution < -0.4 is 0 Å². The molecule has 1 heterocycles. The molecule has 0 bridgehead atoms. The van der Waals surface area contributed by atoms with E-state index >= 15 is 0 Å². The third-order valence-corrected chi connectivity index (χ3v) is 1.34. The smallest absolute Gasteiger partial charge is 0.241 e. The Kier molecular flexibility index (Phi) is 1.39. The quantitative estimate of drug-likeness (QED) is 0.600. The Morgan fingerprint density at radius 2 is 2.25 bits per heavy atom. The van der Waals surface area contributed by atoms with E-state index in [-0.39, 0.29) is 0 Å². The van der Waals surface area contributed by atoms with Gasteiger partial charge in [0.15, 0.2) is 0 Å². The van der Waals surface area contributed by atoms with Gasteiger partial charge in [-0.1, -0.05) is 11.6 Å². The lowest BCUT2D eigenvalue weighted by atomic mass is 10.3. The van der Waals surface area contributed by atoms with Crippen molar-refractivity contribution < 1.29 is 17.3 Å². The van der Waals surface area contributed by atoms with Gasteiger partial charge >= 0.3 is 6.18 Å². The SMILES string of the molecule is [2H]C([2H])([2H])c1ncc(C(F)(F)F)c(Cl)n1. The molecule has 12 heavy (non-hydrogen) atoms. The second kappa shape index (κ2) is 2.90. The molecule has 0 aromatic carbocycles. The third-order valence-electron chi connectivity index (χ3n) is 1.05. The molecule has 0 amide bonds. The van der Waals surface area contributed by atoms with Gasteiger partial charge in [0.05, 0.1) is 0 Å². The Hall–Kier alpha value is -0.840. The van der Waals surface area contributed by atoms with Gasteiger partial charge < -0.3 is 0 Å². The summed E-state index contributed by atoms with van der Waals surface area (Å²) < 4.78 is 57.1. The van der Waals surface area contributed by atoms with Crippen molar-refractivity contribution in [1.82, 2.24) is 9.97 Å². The van der Waals surface area contributed by atoms with Gasteiger partial charge in [-0.3, -0.25) is 0 Å². The Labute approximate surface area is 75.6 Å². The maximum Gasteiger partial charge on any atom is 0.420 e. The molecule has 0 aliphatic rings. The third kappa shape index (κ3) is 1.85. The van der Waals surface area contributed by atoms with Crippen LogP contribution in [0.3, 0.4) is 0 Å². The van der Waals surface area contributed by atoms with Crippen LogP contribution >= 0.6 is 11.6 Å². The van der Waals surface area contributed by atoms with Gasteiger partial charge in [0.1, 0.15) is 16.5 Å². The molecule has 66 valence electrons. The first-order valence-electron chi connectivity index (χ1n) is 4.22. The number of aryl methyl sites for hydroxylation is 1. The van der Waals surface area contributed by atoms with Crippen LogP contribution in [0, 0.1) is 6.85 Å². The predicted octanol–water partition coefficient (Wildman–Crippen LogP) is 2.46. The molecule has 0 saturated carbocycles. The van der Waals surface area contributed by atoms with Crippen LogP contribution in [0.5, 0.6) is 0 Å². The van der Waals surface area contributed by atoms with E-state index in [1.54, 1.807) is 0 Å². The van der Waals surface area contributed by atoms with Crippen molar-refractivity contribution in [3.05, 3.63) is 22.7 Å². The average Bonchev–Trinajstić information content (AvgIpc) is 1.99. The van der Waals surface area contributed by atoms with E-state index in [0.717, 1.165) is 0 Å². The molecule has 1 aromatic rings. The number of alkyl halides is 3. The fourth-order valence-corrected chi connectivity index (χ4v) is 0.787. The zero-order chi connectivity index (χ0) is 11.9. The summed E-state index contributed by atoms with van der Waals surface area (Å²) in [5.41, 5.74) is -1.25. The van der Waals surface area contributed by atoms with Crippen LogP contribution in [0.25, 0.3) is 0 Å². The highest BCUT2D eigenvalue weighted by molar-refractivity contribution is 6.30. The van der Waals surface area contributed by atoms with Crippen molar-refractivity contribution >= 4 is 11.6 Å². The van der Waals surface area contributed by atoms with Crippen LogP contribution in [0.4, 0.5) is 13.2 Å². The van der Waals surface area contributed by atoms with Gasteiger partial charge in [-0.05, 0) is 6.85 Å². The largest absolute Gasteiger partial charge is 0.420 e. The Bertz CT molecular complexity index is 377. The van der Waals surface area contributed by atoms with Crippen molar-refractivity contribution in [3.8, 4) is 0 Å². The molecule has 0 saturated heterocycles. The van der Waals surface area contributed by atoms with E-state index in [1.165, 1.54) is 0 Å². The first kappa shape index (κ1) is 5.75. The minimum absolute atomic E-state index is 0.358. The summed E-state index contributed by atoms with van der Waals surface area (Å²) >= 11 is 5.20. The summed E-state index contributed by atoms with van der Waals surface area (Å²) in [7, 11) is 0. The first-order chi connectivity index (χ1) is 6.62. The minimum atomic E-state index is -4.69.